The van der Waals surface area contributed by atoms with E-state index in [2.05, 4.69) is 22.1 Å². The van der Waals surface area contributed by atoms with Crippen molar-refractivity contribution in [1.29, 1.82) is 0 Å². The summed E-state index contributed by atoms with van der Waals surface area (Å²) in [5, 5.41) is 7.13. The van der Waals surface area contributed by atoms with Gasteiger partial charge in [0.15, 0.2) is 11.5 Å². The number of nitrogens with zero attached hydrogens (tertiary/aromatic N) is 3. The number of halogens is 2. The van der Waals surface area contributed by atoms with Crippen LogP contribution in [0, 0.1) is 0 Å². The topological polar surface area (TPSA) is 57.1 Å². The summed E-state index contributed by atoms with van der Waals surface area (Å²) in [7, 11) is 1.56. The lowest BCUT2D eigenvalue weighted by Crippen LogP contribution is -1.97. The zero-order chi connectivity index (χ0) is 13.8. The Morgan fingerprint density at radius 3 is 2.63 bits per heavy atom. The number of aromatic nitrogens is 3. The molecule has 1 aromatic carbocycles. The minimum Gasteiger partial charge on any atom is -0.493 e. The van der Waals surface area contributed by atoms with Crippen LogP contribution in [0.3, 0.4) is 0 Å². The molecule has 0 saturated carbocycles. The average molecular weight is 300 g/mol. The highest BCUT2D eigenvalue weighted by atomic mass is 35.5. The fourth-order valence-electron chi connectivity index (χ4n) is 1.47. The van der Waals surface area contributed by atoms with Crippen LogP contribution in [0.2, 0.25) is 10.4 Å². The molecule has 0 aliphatic carbocycles. The highest BCUT2D eigenvalue weighted by molar-refractivity contribution is 6.31. The first-order valence-electron chi connectivity index (χ1n) is 5.54. The molecule has 0 saturated heterocycles. The largest absolute Gasteiger partial charge is 0.493 e. The molecule has 0 spiro atoms. The van der Waals surface area contributed by atoms with E-state index in [9.17, 15) is 0 Å². The van der Waals surface area contributed by atoms with Crippen molar-refractivity contribution in [2.75, 3.05) is 7.11 Å². The van der Waals surface area contributed by atoms with Crippen LogP contribution in [0.15, 0.2) is 18.2 Å². The van der Waals surface area contributed by atoms with Crippen LogP contribution in [0.25, 0.3) is 0 Å². The third-order valence-corrected chi connectivity index (χ3v) is 2.83. The zero-order valence-corrected chi connectivity index (χ0v) is 11.9. The number of rotatable bonds is 4. The van der Waals surface area contributed by atoms with Crippen molar-refractivity contribution < 1.29 is 9.47 Å². The minimum atomic E-state index is -0.0384. The SMILES string of the molecule is CCc1ccc(Oc2nc(Cl)nnc2Cl)c(OC)c1. The number of hydrogen-bond acceptors (Lipinski definition) is 5. The van der Waals surface area contributed by atoms with Crippen LogP contribution in [0.1, 0.15) is 12.5 Å². The Hall–Kier alpha value is -1.59. The Morgan fingerprint density at radius 1 is 1.16 bits per heavy atom. The van der Waals surface area contributed by atoms with E-state index < -0.39 is 0 Å². The summed E-state index contributed by atoms with van der Waals surface area (Å²) in [6.45, 7) is 2.06. The lowest BCUT2D eigenvalue weighted by molar-refractivity contribution is 0.372. The summed E-state index contributed by atoms with van der Waals surface area (Å²) < 4.78 is 10.8. The Bertz CT molecular complexity index is 593. The quantitative estimate of drug-likeness (QED) is 0.864. The second kappa shape index (κ2) is 6.04. The van der Waals surface area contributed by atoms with Gasteiger partial charge in [-0.2, -0.15) is 4.98 Å². The monoisotopic (exact) mass is 299 g/mol. The molecular weight excluding hydrogens is 289 g/mol. The third kappa shape index (κ3) is 3.24. The molecule has 0 fully saturated rings. The highest BCUT2D eigenvalue weighted by Gasteiger charge is 2.12. The standard InChI is InChI=1S/C12H11Cl2N3O2/c1-3-7-4-5-8(9(6-7)18-2)19-11-10(13)16-17-12(14)15-11/h4-6H,3H2,1-2H3. The van der Waals surface area contributed by atoms with Crippen molar-refractivity contribution >= 4 is 23.2 Å². The van der Waals surface area contributed by atoms with E-state index in [1.807, 2.05) is 12.1 Å². The number of methoxy groups -OCH3 is 1. The van der Waals surface area contributed by atoms with Gasteiger partial charge in [0.25, 0.3) is 5.88 Å². The van der Waals surface area contributed by atoms with Gasteiger partial charge in [0, 0.05) is 0 Å². The zero-order valence-electron chi connectivity index (χ0n) is 10.4. The van der Waals surface area contributed by atoms with Crippen molar-refractivity contribution in [1.82, 2.24) is 15.2 Å². The van der Waals surface area contributed by atoms with Gasteiger partial charge in [-0.15, -0.1) is 10.2 Å². The van der Waals surface area contributed by atoms with Gasteiger partial charge in [-0.25, -0.2) is 0 Å². The maximum absolute atomic E-state index is 5.84. The maximum atomic E-state index is 5.84. The molecule has 7 heteroatoms. The molecule has 0 aliphatic rings. The first-order chi connectivity index (χ1) is 9.13. The van der Waals surface area contributed by atoms with Gasteiger partial charge in [0.1, 0.15) is 0 Å². The predicted octanol–water partition coefficient (Wildman–Crippen LogP) is 3.54. The van der Waals surface area contributed by atoms with Gasteiger partial charge in [0.05, 0.1) is 7.11 Å². The van der Waals surface area contributed by atoms with Crippen LogP contribution in [0.5, 0.6) is 17.4 Å². The molecule has 100 valence electrons. The molecule has 1 heterocycles. The molecule has 2 aromatic rings. The van der Waals surface area contributed by atoms with Gasteiger partial charge in [-0.1, -0.05) is 24.6 Å². The smallest absolute Gasteiger partial charge is 0.262 e. The second-order valence-electron chi connectivity index (χ2n) is 3.62. The first-order valence-corrected chi connectivity index (χ1v) is 6.30. The van der Waals surface area contributed by atoms with Crippen LogP contribution in [0.4, 0.5) is 0 Å². The predicted molar refractivity (Wildman–Crippen MR) is 72.3 cm³/mol. The Morgan fingerprint density at radius 2 is 1.95 bits per heavy atom. The average Bonchev–Trinajstić information content (AvgIpc) is 2.43. The van der Waals surface area contributed by atoms with E-state index in [0.717, 1.165) is 12.0 Å². The van der Waals surface area contributed by atoms with Gasteiger partial charge >= 0.3 is 0 Å². The van der Waals surface area contributed by atoms with Crippen molar-refractivity contribution in [3.63, 3.8) is 0 Å². The second-order valence-corrected chi connectivity index (χ2v) is 4.31. The molecule has 2 rings (SSSR count). The molecule has 0 atom stereocenters. The Balaban J connectivity index is 2.35. The number of ether oxygens (including phenoxy) is 2. The van der Waals surface area contributed by atoms with E-state index >= 15 is 0 Å². The summed E-state index contributed by atoms with van der Waals surface area (Å²) in [5.74, 6) is 1.16. The lowest BCUT2D eigenvalue weighted by Gasteiger charge is -2.11. The van der Waals surface area contributed by atoms with Crippen LogP contribution in [-0.2, 0) is 6.42 Å². The van der Waals surface area contributed by atoms with E-state index in [1.165, 1.54) is 0 Å². The lowest BCUT2D eigenvalue weighted by atomic mass is 10.1. The molecule has 0 aliphatic heterocycles. The van der Waals surface area contributed by atoms with E-state index in [1.54, 1.807) is 13.2 Å². The minimum absolute atomic E-state index is 0.0334. The van der Waals surface area contributed by atoms with Crippen molar-refractivity contribution in [3.05, 3.63) is 34.2 Å². The molecule has 0 bridgehead atoms. The summed E-state index contributed by atoms with van der Waals surface area (Å²) in [4.78, 5) is 3.87. The van der Waals surface area contributed by atoms with Crippen molar-refractivity contribution in [3.8, 4) is 17.4 Å². The van der Waals surface area contributed by atoms with Crippen LogP contribution < -0.4 is 9.47 Å². The van der Waals surface area contributed by atoms with Gasteiger partial charge in [-0.3, -0.25) is 0 Å². The summed E-state index contributed by atoms with van der Waals surface area (Å²) in [6, 6.07) is 5.60. The van der Waals surface area contributed by atoms with E-state index in [-0.39, 0.29) is 16.3 Å². The fourth-order valence-corrected chi connectivity index (χ4v) is 1.70. The summed E-state index contributed by atoms with van der Waals surface area (Å²) in [5.41, 5.74) is 1.13. The summed E-state index contributed by atoms with van der Waals surface area (Å²) >= 11 is 11.5. The molecule has 19 heavy (non-hydrogen) atoms. The van der Waals surface area contributed by atoms with Gasteiger partial charge in [0.2, 0.25) is 10.4 Å². The maximum Gasteiger partial charge on any atom is 0.262 e. The first kappa shape index (κ1) is 13.8. The third-order valence-electron chi connectivity index (χ3n) is 2.43. The molecule has 0 radical (unpaired) electrons. The molecule has 1 aromatic heterocycles. The number of benzene rings is 1. The highest BCUT2D eigenvalue weighted by Crippen LogP contribution is 2.33. The Kier molecular flexibility index (Phi) is 4.39. The van der Waals surface area contributed by atoms with Crippen molar-refractivity contribution in [2.45, 2.75) is 13.3 Å². The molecule has 0 unspecified atom stereocenters. The molecule has 5 nitrogen and oxygen atoms in total. The number of aryl methyl sites for hydroxylation is 1. The van der Waals surface area contributed by atoms with Crippen molar-refractivity contribution in [2.24, 2.45) is 0 Å². The van der Waals surface area contributed by atoms with Crippen LogP contribution in [-0.4, -0.2) is 22.3 Å². The van der Waals surface area contributed by atoms with Gasteiger partial charge < -0.3 is 9.47 Å². The molecule has 0 N–H and O–H groups in total. The van der Waals surface area contributed by atoms with E-state index in [0.29, 0.717) is 11.5 Å². The van der Waals surface area contributed by atoms with E-state index in [4.69, 9.17) is 32.7 Å². The number of hydrogen-bond donors (Lipinski definition) is 0. The normalized spacial score (nSPS) is 10.3. The fraction of sp³-hybridized carbons (Fsp3) is 0.250. The molecular formula is C12H11Cl2N3O2. The summed E-state index contributed by atoms with van der Waals surface area (Å²) in [6.07, 6.45) is 0.901. The van der Waals surface area contributed by atoms with Crippen LogP contribution >= 0.6 is 23.2 Å². The van der Waals surface area contributed by atoms with Gasteiger partial charge in [-0.05, 0) is 35.7 Å². The Labute approximate surface area is 120 Å². The molecule has 0 amide bonds.